The number of fused-ring (bicyclic) bond motifs is 1. The molecular weight excluding hydrogens is 182 g/mol. The molecule has 0 radical (unpaired) electrons. The van der Waals surface area contributed by atoms with E-state index in [1.165, 1.54) is 24.1 Å². The Balaban J connectivity index is 2.26. The van der Waals surface area contributed by atoms with Crippen molar-refractivity contribution >= 4 is 17.3 Å². The van der Waals surface area contributed by atoms with Gasteiger partial charge in [0.15, 0.2) is 0 Å². The van der Waals surface area contributed by atoms with Crippen molar-refractivity contribution in [3.8, 4) is 0 Å². The molecule has 1 aliphatic heterocycles. The number of rotatable bonds is 1. The molecule has 13 heavy (non-hydrogen) atoms. The standard InChI is InChI=1S/C11H14ClN/c1-2-10-5-3-8-7-9(12)4-6-11(8)13-10/h4,6-7,10,13H,2-3,5H2,1H3/t10-/m0/s1. The van der Waals surface area contributed by atoms with Crippen LogP contribution in [0.3, 0.4) is 0 Å². The van der Waals surface area contributed by atoms with Crippen molar-refractivity contribution in [2.24, 2.45) is 0 Å². The summed E-state index contributed by atoms with van der Waals surface area (Å²) in [6.45, 7) is 2.22. The van der Waals surface area contributed by atoms with E-state index < -0.39 is 0 Å². The Bertz CT molecular complexity index is 309. The van der Waals surface area contributed by atoms with Crippen molar-refractivity contribution in [1.82, 2.24) is 0 Å². The largest absolute Gasteiger partial charge is 0.382 e. The molecule has 0 aliphatic carbocycles. The van der Waals surface area contributed by atoms with Crippen molar-refractivity contribution in [3.63, 3.8) is 0 Å². The number of benzene rings is 1. The normalized spacial score (nSPS) is 20.6. The van der Waals surface area contributed by atoms with E-state index in [1.807, 2.05) is 6.07 Å². The van der Waals surface area contributed by atoms with Crippen LogP contribution >= 0.6 is 11.6 Å². The number of anilines is 1. The minimum Gasteiger partial charge on any atom is -0.382 e. The summed E-state index contributed by atoms with van der Waals surface area (Å²) in [5, 5.41) is 4.36. The lowest BCUT2D eigenvalue weighted by atomic mass is 9.97. The van der Waals surface area contributed by atoms with Crippen LogP contribution < -0.4 is 5.32 Å². The van der Waals surface area contributed by atoms with Gasteiger partial charge in [-0.25, -0.2) is 0 Å². The van der Waals surface area contributed by atoms with Crippen molar-refractivity contribution in [1.29, 1.82) is 0 Å². The lowest BCUT2D eigenvalue weighted by Gasteiger charge is -2.26. The van der Waals surface area contributed by atoms with Gasteiger partial charge in [0.05, 0.1) is 0 Å². The zero-order valence-electron chi connectivity index (χ0n) is 7.81. The molecular formula is C11H14ClN. The maximum atomic E-state index is 5.92. The van der Waals surface area contributed by atoms with Gasteiger partial charge in [0, 0.05) is 16.8 Å². The van der Waals surface area contributed by atoms with Crippen molar-refractivity contribution in [3.05, 3.63) is 28.8 Å². The summed E-state index contributed by atoms with van der Waals surface area (Å²) in [6, 6.07) is 6.74. The van der Waals surface area contributed by atoms with Crippen LogP contribution in [0.4, 0.5) is 5.69 Å². The Kier molecular flexibility index (Phi) is 2.45. The smallest absolute Gasteiger partial charge is 0.0410 e. The number of hydrogen-bond acceptors (Lipinski definition) is 1. The highest BCUT2D eigenvalue weighted by Gasteiger charge is 2.15. The van der Waals surface area contributed by atoms with Gasteiger partial charge in [-0.05, 0) is 43.0 Å². The van der Waals surface area contributed by atoms with Gasteiger partial charge >= 0.3 is 0 Å². The third kappa shape index (κ3) is 1.80. The van der Waals surface area contributed by atoms with Crippen LogP contribution in [0.2, 0.25) is 5.02 Å². The molecule has 0 aromatic heterocycles. The molecule has 2 heteroatoms. The molecule has 0 unspecified atom stereocenters. The summed E-state index contributed by atoms with van der Waals surface area (Å²) >= 11 is 5.92. The van der Waals surface area contributed by atoms with E-state index >= 15 is 0 Å². The van der Waals surface area contributed by atoms with Crippen molar-refractivity contribution in [2.75, 3.05) is 5.32 Å². The van der Waals surface area contributed by atoms with Crippen LogP contribution in [0, 0.1) is 0 Å². The van der Waals surface area contributed by atoms with Gasteiger partial charge in [-0.3, -0.25) is 0 Å². The van der Waals surface area contributed by atoms with Crippen LogP contribution in [0.1, 0.15) is 25.3 Å². The number of halogens is 1. The van der Waals surface area contributed by atoms with E-state index in [-0.39, 0.29) is 0 Å². The fourth-order valence-electron chi connectivity index (χ4n) is 1.84. The third-order valence-corrected chi connectivity index (χ3v) is 2.92. The second-order valence-corrected chi connectivity index (χ2v) is 4.03. The maximum absolute atomic E-state index is 5.92. The zero-order chi connectivity index (χ0) is 9.26. The van der Waals surface area contributed by atoms with Crippen LogP contribution in [-0.4, -0.2) is 6.04 Å². The Labute approximate surface area is 84.1 Å². The maximum Gasteiger partial charge on any atom is 0.0410 e. The van der Waals surface area contributed by atoms with E-state index in [0.29, 0.717) is 6.04 Å². The lowest BCUT2D eigenvalue weighted by Crippen LogP contribution is -2.24. The minimum absolute atomic E-state index is 0.647. The van der Waals surface area contributed by atoms with Gasteiger partial charge in [-0.2, -0.15) is 0 Å². The predicted octanol–water partition coefficient (Wildman–Crippen LogP) is 3.48. The molecule has 0 saturated heterocycles. The Morgan fingerprint density at radius 2 is 2.38 bits per heavy atom. The molecule has 0 spiro atoms. The van der Waals surface area contributed by atoms with Crippen LogP contribution in [-0.2, 0) is 6.42 Å². The molecule has 0 bridgehead atoms. The molecule has 1 N–H and O–H groups in total. The van der Waals surface area contributed by atoms with E-state index in [4.69, 9.17) is 11.6 Å². The van der Waals surface area contributed by atoms with Crippen LogP contribution in [0.15, 0.2) is 18.2 Å². The Morgan fingerprint density at radius 1 is 1.54 bits per heavy atom. The first-order valence-electron chi connectivity index (χ1n) is 4.84. The van der Waals surface area contributed by atoms with Crippen molar-refractivity contribution < 1.29 is 0 Å². The van der Waals surface area contributed by atoms with Gasteiger partial charge in [0.2, 0.25) is 0 Å². The minimum atomic E-state index is 0.647. The summed E-state index contributed by atoms with van der Waals surface area (Å²) in [5.74, 6) is 0. The van der Waals surface area contributed by atoms with Gasteiger partial charge in [0.1, 0.15) is 0 Å². The molecule has 1 atom stereocenters. The topological polar surface area (TPSA) is 12.0 Å². The summed E-state index contributed by atoms with van der Waals surface area (Å²) in [6.07, 6.45) is 3.58. The molecule has 0 fully saturated rings. The molecule has 1 aliphatic rings. The van der Waals surface area contributed by atoms with E-state index in [1.54, 1.807) is 0 Å². The summed E-state index contributed by atoms with van der Waals surface area (Å²) in [5.41, 5.74) is 2.62. The first-order valence-corrected chi connectivity index (χ1v) is 5.22. The lowest BCUT2D eigenvalue weighted by molar-refractivity contribution is 0.614. The average Bonchev–Trinajstić information content (AvgIpc) is 2.17. The number of hydrogen-bond donors (Lipinski definition) is 1. The number of aryl methyl sites for hydroxylation is 1. The summed E-state index contributed by atoms with van der Waals surface area (Å²) in [7, 11) is 0. The Morgan fingerprint density at radius 3 is 3.15 bits per heavy atom. The molecule has 1 aromatic carbocycles. The highest BCUT2D eigenvalue weighted by molar-refractivity contribution is 6.30. The first-order chi connectivity index (χ1) is 6.29. The summed E-state index contributed by atoms with van der Waals surface area (Å²) in [4.78, 5) is 0. The fourth-order valence-corrected chi connectivity index (χ4v) is 2.03. The van der Waals surface area contributed by atoms with Gasteiger partial charge in [-0.15, -0.1) is 0 Å². The van der Waals surface area contributed by atoms with E-state index in [2.05, 4.69) is 24.4 Å². The van der Waals surface area contributed by atoms with Gasteiger partial charge < -0.3 is 5.32 Å². The van der Waals surface area contributed by atoms with Gasteiger partial charge in [-0.1, -0.05) is 18.5 Å². The molecule has 0 saturated carbocycles. The highest BCUT2D eigenvalue weighted by Crippen LogP contribution is 2.28. The zero-order valence-corrected chi connectivity index (χ0v) is 8.56. The fraction of sp³-hybridized carbons (Fsp3) is 0.455. The monoisotopic (exact) mass is 195 g/mol. The average molecular weight is 196 g/mol. The Hall–Kier alpha value is -0.690. The predicted molar refractivity (Wildman–Crippen MR) is 57.5 cm³/mol. The van der Waals surface area contributed by atoms with Gasteiger partial charge in [0.25, 0.3) is 0 Å². The van der Waals surface area contributed by atoms with E-state index in [0.717, 1.165) is 11.4 Å². The summed E-state index contributed by atoms with van der Waals surface area (Å²) < 4.78 is 0. The second-order valence-electron chi connectivity index (χ2n) is 3.59. The second kappa shape index (κ2) is 3.59. The van der Waals surface area contributed by atoms with Crippen LogP contribution in [0.25, 0.3) is 0 Å². The quantitative estimate of drug-likeness (QED) is 0.724. The highest BCUT2D eigenvalue weighted by atomic mass is 35.5. The van der Waals surface area contributed by atoms with E-state index in [9.17, 15) is 0 Å². The SMILES string of the molecule is CC[C@H]1CCc2cc(Cl)ccc2N1. The molecule has 1 nitrogen and oxygen atoms in total. The first kappa shape index (κ1) is 8.89. The molecule has 1 aromatic rings. The molecule has 70 valence electrons. The number of nitrogens with one attached hydrogen (secondary N) is 1. The molecule has 0 amide bonds. The van der Waals surface area contributed by atoms with Crippen molar-refractivity contribution in [2.45, 2.75) is 32.2 Å². The third-order valence-electron chi connectivity index (χ3n) is 2.68. The van der Waals surface area contributed by atoms with Crippen LogP contribution in [0.5, 0.6) is 0 Å². The molecule has 1 heterocycles. The molecule has 2 rings (SSSR count).